The monoisotopic (exact) mass is 206 g/mol. The fourth-order valence-electron chi connectivity index (χ4n) is 0.778. The predicted molar refractivity (Wildman–Crippen MR) is 56.3 cm³/mol. The van der Waals surface area contributed by atoms with Crippen LogP contribution >= 0.6 is 28.4 Å². The zero-order valence-corrected chi connectivity index (χ0v) is 8.44. The molecular weight excluding hydrogens is 198 g/mol. The molecule has 0 N–H and O–H groups in total. The van der Waals surface area contributed by atoms with Gasteiger partial charge in [-0.1, -0.05) is 0 Å². The molecule has 0 nitrogen and oxygen atoms in total. The molecule has 0 aliphatic carbocycles. The minimum atomic E-state index is -2.35. The Morgan fingerprint density at radius 1 is 1.18 bits per heavy atom. The van der Waals surface area contributed by atoms with Gasteiger partial charge >= 0.3 is 76.5 Å². The fourth-order valence-corrected chi connectivity index (χ4v) is 2.41. The summed E-state index contributed by atoms with van der Waals surface area (Å²) in [5.41, 5.74) is 0. The van der Waals surface area contributed by atoms with Crippen molar-refractivity contribution in [2.75, 3.05) is 0 Å². The van der Waals surface area contributed by atoms with E-state index >= 15 is 0 Å². The second kappa shape index (κ2) is 3.58. The van der Waals surface area contributed by atoms with Gasteiger partial charge in [0, 0.05) is 0 Å². The summed E-state index contributed by atoms with van der Waals surface area (Å²) in [5, 5.41) is 0.985. The van der Waals surface area contributed by atoms with E-state index in [0.717, 1.165) is 5.30 Å². The molecule has 0 saturated heterocycles. The maximum atomic E-state index is 6.03. The van der Waals surface area contributed by atoms with Crippen LogP contribution in [-0.4, -0.2) is 0 Å². The summed E-state index contributed by atoms with van der Waals surface area (Å²) < 4.78 is 0. The molecule has 0 amide bonds. The maximum absolute atomic E-state index is 6.03. The van der Waals surface area contributed by atoms with Crippen LogP contribution in [0.25, 0.3) is 0 Å². The molecule has 0 radical (unpaired) electrons. The van der Waals surface area contributed by atoms with Crippen molar-refractivity contribution >= 4 is 33.8 Å². The fraction of sp³-hybridized carbons (Fsp3) is 0. The summed E-state index contributed by atoms with van der Waals surface area (Å²) in [7, 11) is 0. The summed E-state index contributed by atoms with van der Waals surface area (Å²) in [6, 6.07) is 9.63. The normalized spacial score (nSPS) is 12.5. The van der Waals surface area contributed by atoms with Crippen LogP contribution in [0.3, 0.4) is 0 Å². The van der Waals surface area contributed by atoms with Crippen LogP contribution in [0.2, 0.25) is 0 Å². The van der Waals surface area contributed by atoms with Gasteiger partial charge in [0.05, 0.1) is 0 Å². The van der Waals surface area contributed by atoms with Gasteiger partial charge in [0.25, 0.3) is 0 Å². The Balaban J connectivity index is 3.02. The number of rotatable bonds is 2. The third-order valence-electron chi connectivity index (χ3n) is 1.42. The van der Waals surface area contributed by atoms with Gasteiger partial charge in [-0.05, 0) is 0 Å². The molecule has 1 rings (SSSR count). The molecule has 0 spiro atoms. The zero-order valence-electron chi connectivity index (χ0n) is 5.93. The van der Waals surface area contributed by atoms with E-state index in [0.29, 0.717) is 0 Å². The van der Waals surface area contributed by atoms with Gasteiger partial charge in [-0.15, -0.1) is 0 Å². The Bertz CT molecular complexity index is 244. The van der Waals surface area contributed by atoms with Crippen molar-refractivity contribution in [1.82, 2.24) is 0 Å². The van der Waals surface area contributed by atoms with Gasteiger partial charge in [-0.3, -0.25) is 0 Å². The second-order valence-corrected chi connectivity index (χ2v) is 8.58. The number of hydrogen-bond donors (Lipinski definition) is 0. The SMILES string of the molecule is C=C[PH](Cl)(Cl)c1ccccc1. The summed E-state index contributed by atoms with van der Waals surface area (Å²) in [4.78, 5) is 0. The van der Waals surface area contributed by atoms with E-state index in [1.165, 1.54) is 0 Å². The van der Waals surface area contributed by atoms with Crippen molar-refractivity contribution in [3.63, 3.8) is 0 Å². The first-order valence-corrected chi connectivity index (χ1v) is 7.34. The Kier molecular flexibility index (Phi) is 2.95. The molecule has 1 aromatic rings. The Hall–Kier alpha value is -0.0300. The number of hydrogen-bond acceptors (Lipinski definition) is 0. The molecule has 0 aliphatic rings. The Morgan fingerprint density at radius 2 is 1.73 bits per heavy atom. The third kappa shape index (κ3) is 2.20. The van der Waals surface area contributed by atoms with E-state index in [-0.39, 0.29) is 0 Å². The molecule has 3 heteroatoms. The molecule has 0 atom stereocenters. The molecule has 0 unspecified atom stereocenters. The van der Waals surface area contributed by atoms with E-state index in [1.54, 1.807) is 5.82 Å². The van der Waals surface area contributed by atoms with Crippen LogP contribution in [-0.2, 0) is 0 Å². The minimum absolute atomic E-state index is 0.985. The summed E-state index contributed by atoms with van der Waals surface area (Å²) >= 11 is 12.1. The Labute approximate surface area is 76.7 Å². The van der Waals surface area contributed by atoms with Crippen LogP contribution < -0.4 is 5.30 Å². The average Bonchev–Trinajstić information content (AvgIpc) is 2.06. The predicted octanol–water partition coefficient (Wildman–Crippen LogP) is 3.51. The van der Waals surface area contributed by atoms with Gasteiger partial charge in [-0.2, -0.15) is 0 Å². The van der Waals surface area contributed by atoms with Crippen molar-refractivity contribution in [1.29, 1.82) is 0 Å². The van der Waals surface area contributed by atoms with Gasteiger partial charge in [-0.25, -0.2) is 0 Å². The topological polar surface area (TPSA) is 0 Å². The van der Waals surface area contributed by atoms with E-state index in [2.05, 4.69) is 6.58 Å². The first kappa shape index (κ1) is 9.06. The van der Waals surface area contributed by atoms with Crippen molar-refractivity contribution in [3.05, 3.63) is 42.7 Å². The summed E-state index contributed by atoms with van der Waals surface area (Å²) in [5.74, 6) is -0.701. The number of halogens is 2. The van der Waals surface area contributed by atoms with Crippen LogP contribution in [0, 0.1) is 0 Å². The number of benzene rings is 1. The molecule has 60 valence electrons. The molecule has 11 heavy (non-hydrogen) atoms. The van der Waals surface area contributed by atoms with Gasteiger partial charge in [0.1, 0.15) is 0 Å². The van der Waals surface area contributed by atoms with Crippen molar-refractivity contribution in [2.45, 2.75) is 0 Å². The van der Waals surface area contributed by atoms with E-state index < -0.39 is 5.97 Å². The molecule has 0 aliphatic heterocycles. The first-order chi connectivity index (χ1) is 5.17. The summed E-state index contributed by atoms with van der Waals surface area (Å²) in [6.45, 7) is 3.61. The zero-order chi connectivity index (χ0) is 8.32. The molecule has 0 saturated carbocycles. The molecule has 0 aromatic heterocycles. The van der Waals surface area contributed by atoms with Crippen LogP contribution in [0.1, 0.15) is 0 Å². The van der Waals surface area contributed by atoms with E-state index in [4.69, 9.17) is 22.5 Å². The quantitative estimate of drug-likeness (QED) is 0.651. The summed E-state index contributed by atoms with van der Waals surface area (Å²) in [6.07, 6.45) is 0. The molecule has 0 bridgehead atoms. The van der Waals surface area contributed by atoms with Crippen molar-refractivity contribution < 1.29 is 0 Å². The van der Waals surface area contributed by atoms with Crippen LogP contribution in [0.5, 0.6) is 0 Å². The van der Waals surface area contributed by atoms with Gasteiger partial charge in [0.15, 0.2) is 0 Å². The second-order valence-electron chi connectivity index (χ2n) is 2.19. The van der Waals surface area contributed by atoms with E-state index in [1.807, 2.05) is 30.3 Å². The van der Waals surface area contributed by atoms with Crippen molar-refractivity contribution in [3.8, 4) is 0 Å². The first-order valence-electron chi connectivity index (χ1n) is 3.24. The molecule has 0 fully saturated rings. The van der Waals surface area contributed by atoms with Crippen LogP contribution in [0.4, 0.5) is 0 Å². The third-order valence-corrected chi connectivity index (χ3v) is 5.27. The molecule has 1 aromatic carbocycles. The average molecular weight is 207 g/mol. The van der Waals surface area contributed by atoms with Crippen LogP contribution in [0.15, 0.2) is 42.7 Å². The van der Waals surface area contributed by atoms with Crippen molar-refractivity contribution in [2.24, 2.45) is 0 Å². The molecular formula is C8H9Cl2P. The standard InChI is InChI=1S/C8H9Cl2P/c1-2-11(9,10)8-6-4-3-5-7-8/h2-7,11H,1H2. The van der Waals surface area contributed by atoms with E-state index in [9.17, 15) is 0 Å². The molecule has 0 heterocycles. The van der Waals surface area contributed by atoms with Gasteiger partial charge in [0.2, 0.25) is 0 Å². The Morgan fingerprint density at radius 3 is 2.18 bits per heavy atom. The van der Waals surface area contributed by atoms with Gasteiger partial charge < -0.3 is 0 Å².